The summed E-state index contributed by atoms with van der Waals surface area (Å²) in [5.74, 6) is -1.47. The minimum absolute atomic E-state index is 0.155. The van der Waals surface area contributed by atoms with Crippen LogP contribution in [0.15, 0.2) is 87.2 Å². The van der Waals surface area contributed by atoms with E-state index in [2.05, 4.69) is 0 Å². The molecule has 4 rings (SSSR count). The maximum Gasteiger partial charge on any atom is 0.336 e. The summed E-state index contributed by atoms with van der Waals surface area (Å²) in [4.78, 5) is 80.0. The Morgan fingerprint density at radius 3 is 1.14 bits per heavy atom. The van der Waals surface area contributed by atoms with Crippen molar-refractivity contribution in [3.05, 3.63) is 138 Å². The average molecular weight is 672 g/mol. The zero-order chi connectivity index (χ0) is 36.5. The Morgan fingerprint density at radius 2 is 0.837 bits per heavy atom. The SMILES string of the molecule is CC(C)(O)CC(=O)c1cccc(Cn2c(=O)n(Cc3cccc(C(=O)C(C)(C)O)c3)c(=O)n(Cc3cccc(C(=O)C(C)(C)O)c3)c2=O)c1. The van der Waals surface area contributed by atoms with Crippen LogP contribution in [0.5, 0.6) is 0 Å². The summed E-state index contributed by atoms with van der Waals surface area (Å²) in [7, 11) is 0. The minimum Gasteiger partial charge on any atom is -0.390 e. The smallest absolute Gasteiger partial charge is 0.336 e. The summed E-state index contributed by atoms with van der Waals surface area (Å²) in [6.07, 6.45) is -0.155. The molecule has 0 saturated carbocycles. The fraction of sp³-hybridized carbons (Fsp3) is 0.351. The van der Waals surface area contributed by atoms with Crippen molar-refractivity contribution < 1.29 is 29.7 Å². The molecule has 3 N–H and O–H groups in total. The molecule has 0 bridgehead atoms. The molecule has 12 nitrogen and oxygen atoms in total. The van der Waals surface area contributed by atoms with Crippen LogP contribution in [0.1, 0.15) is 95.7 Å². The van der Waals surface area contributed by atoms with Gasteiger partial charge < -0.3 is 15.3 Å². The molecule has 0 spiro atoms. The maximum absolute atomic E-state index is 13.9. The molecule has 1 heterocycles. The summed E-state index contributed by atoms with van der Waals surface area (Å²) in [6.45, 7) is 7.43. The molecule has 49 heavy (non-hydrogen) atoms. The zero-order valence-corrected chi connectivity index (χ0v) is 28.4. The van der Waals surface area contributed by atoms with E-state index >= 15 is 0 Å². The third kappa shape index (κ3) is 8.91. The van der Waals surface area contributed by atoms with Gasteiger partial charge in [-0.05, 0) is 76.4 Å². The molecule has 12 heteroatoms. The van der Waals surface area contributed by atoms with E-state index in [-0.39, 0.29) is 48.5 Å². The lowest BCUT2D eigenvalue weighted by molar-refractivity contribution is 0.0487. The largest absolute Gasteiger partial charge is 0.390 e. The number of carbonyl (C=O) groups is 3. The number of Topliss-reactive ketones (excluding diaryl/α,β-unsaturated/α-hetero) is 3. The van der Waals surface area contributed by atoms with E-state index in [1.807, 2.05) is 0 Å². The highest BCUT2D eigenvalue weighted by Gasteiger charge is 2.27. The number of nitrogens with zero attached hydrogens (tertiary/aromatic N) is 3. The lowest BCUT2D eigenvalue weighted by Crippen LogP contribution is -2.54. The topological polar surface area (TPSA) is 178 Å². The number of benzene rings is 3. The molecule has 0 aliphatic rings. The molecule has 0 atom stereocenters. The molecule has 0 radical (unpaired) electrons. The summed E-state index contributed by atoms with van der Waals surface area (Å²) in [5, 5.41) is 30.6. The van der Waals surface area contributed by atoms with Gasteiger partial charge in [-0.1, -0.05) is 54.6 Å². The van der Waals surface area contributed by atoms with Crippen molar-refractivity contribution in [2.75, 3.05) is 0 Å². The number of hydrogen-bond acceptors (Lipinski definition) is 9. The second-order valence-electron chi connectivity index (χ2n) is 13.9. The number of hydrogen-bond donors (Lipinski definition) is 3. The molecular weight excluding hydrogens is 630 g/mol. The van der Waals surface area contributed by atoms with Crippen LogP contribution in [-0.4, -0.2) is 63.2 Å². The van der Waals surface area contributed by atoms with Crippen LogP contribution in [0.25, 0.3) is 0 Å². The van der Waals surface area contributed by atoms with Gasteiger partial charge in [0.25, 0.3) is 0 Å². The minimum atomic E-state index is -1.67. The average Bonchev–Trinajstić information content (AvgIpc) is 3.01. The monoisotopic (exact) mass is 671 g/mol. The third-order valence-electron chi connectivity index (χ3n) is 7.74. The molecular formula is C37H41N3O9. The first kappa shape index (κ1) is 36.8. The van der Waals surface area contributed by atoms with Gasteiger partial charge in [0.05, 0.1) is 25.2 Å². The zero-order valence-electron chi connectivity index (χ0n) is 28.4. The van der Waals surface area contributed by atoms with Crippen LogP contribution in [-0.2, 0) is 19.6 Å². The summed E-state index contributed by atoms with van der Waals surface area (Å²) >= 11 is 0. The van der Waals surface area contributed by atoms with Crippen LogP contribution in [0.4, 0.5) is 0 Å². The van der Waals surface area contributed by atoms with Crippen molar-refractivity contribution in [2.24, 2.45) is 0 Å². The second-order valence-corrected chi connectivity index (χ2v) is 13.9. The van der Waals surface area contributed by atoms with E-state index in [9.17, 15) is 44.1 Å². The molecule has 0 aliphatic carbocycles. The summed E-state index contributed by atoms with van der Waals surface area (Å²) in [5.41, 5.74) is -5.66. The van der Waals surface area contributed by atoms with Crippen LogP contribution in [0, 0.1) is 0 Å². The molecule has 0 aliphatic heterocycles. The van der Waals surface area contributed by atoms with E-state index in [1.165, 1.54) is 71.9 Å². The molecule has 0 amide bonds. The van der Waals surface area contributed by atoms with Gasteiger partial charge in [-0.2, -0.15) is 0 Å². The van der Waals surface area contributed by atoms with Gasteiger partial charge in [0.1, 0.15) is 11.2 Å². The first-order valence-corrected chi connectivity index (χ1v) is 15.7. The lowest BCUT2D eigenvalue weighted by atomic mass is 9.95. The van der Waals surface area contributed by atoms with E-state index in [0.717, 1.165) is 13.7 Å². The molecule has 3 aromatic carbocycles. The Morgan fingerprint density at radius 1 is 0.531 bits per heavy atom. The first-order valence-electron chi connectivity index (χ1n) is 15.7. The lowest BCUT2D eigenvalue weighted by Gasteiger charge is -2.18. The number of aromatic nitrogens is 3. The van der Waals surface area contributed by atoms with Crippen LogP contribution < -0.4 is 17.1 Å². The highest BCUT2D eigenvalue weighted by atomic mass is 16.3. The maximum atomic E-state index is 13.9. The van der Waals surface area contributed by atoms with Crippen molar-refractivity contribution in [3.8, 4) is 0 Å². The summed E-state index contributed by atoms with van der Waals surface area (Å²) < 4.78 is 2.56. The predicted molar refractivity (Wildman–Crippen MR) is 182 cm³/mol. The molecule has 4 aromatic rings. The number of carbonyl (C=O) groups excluding carboxylic acids is 3. The Hall–Kier alpha value is -5.04. The van der Waals surface area contributed by atoms with Gasteiger partial charge in [0.15, 0.2) is 17.3 Å². The molecule has 0 saturated heterocycles. The Balaban J connectivity index is 1.85. The van der Waals surface area contributed by atoms with E-state index in [4.69, 9.17) is 0 Å². The Labute approximate surface area is 282 Å². The van der Waals surface area contributed by atoms with Crippen molar-refractivity contribution in [1.29, 1.82) is 0 Å². The third-order valence-corrected chi connectivity index (χ3v) is 7.74. The highest BCUT2D eigenvalue weighted by Crippen LogP contribution is 2.17. The van der Waals surface area contributed by atoms with Gasteiger partial charge >= 0.3 is 17.1 Å². The van der Waals surface area contributed by atoms with Crippen molar-refractivity contribution >= 4 is 17.3 Å². The molecule has 258 valence electrons. The van der Waals surface area contributed by atoms with Gasteiger partial charge in [0.2, 0.25) is 0 Å². The number of rotatable bonds is 13. The Kier molecular flexibility index (Phi) is 10.4. The quantitative estimate of drug-likeness (QED) is 0.180. The predicted octanol–water partition coefficient (Wildman–Crippen LogP) is 2.57. The van der Waals surface area contributed by atoms with E-state index in [1.54, 1.807) is 42.5 Å². The highest BCUT2D eigenvalue weighted by molar-refractivity contribution is 6.02. The van der Waals surface area contributed by atoms with E-state index < -0.39 is 45.4 Å². The fourth-order valence-corrected chi connectivity index (χ4v) is 5.30. The van der Waals surface area contributed by atoms with Crippen molar-refractivity contribution in [3.63, 3.8) is 0 Å². The van der Waals surface area contributed by atoms with Crippen molar-refractivity contribution in [1.82, 2.24) is 13.7 Å². The van der Waals surface area contributed by atoms with Crippen LogP contribution in [0.2, 0.25) is 0 Å². The van der Waals surface area contributed by atoms with Gasteiger partial charge in [-0.3, -0.25) is 14.4 Å². The van der Waals surface area contributed by atoms with Gasteiger partial charge in [-0.25, -0.2) is 28.1 Å². The number of aliphatic hydroxyl groups is 3. The molecule has 0 fully saturated rings. The van der Waals surface area contributed by atoms with Gasteiger partial charge in [0, 0.05) is 23.1 Å². The normalized spacial score (nSPS) is 12.2. The molecule has 0 unspecified atom stereocenters. The molecule has 1 aromatic heterocycles. The second kappa shape index (κ2) is 13.8. The Bertz CT molecular complexity index is 1990. The fourth-order valence-electron chi connectivity index (χ4n) is 5.30. The van der Waals surface area contributed by atoms with Crippen molar-refractivity contribution in [2.45, 2.75) is 84.4 Å². The van der Waals surface area contributed by atoms with E-state index in [0.29, 0.717) is 16.7 Å². The van der Waals surface area contributed by atoms with Gasteiger partial charge in [-0.15, -0.1) is 0 Å². The van der Waals surface area contributed by atoms with Crippen LogP contribution >= 0.6 is 0 Å². The standard InChI is InChI=1S/C37H41N3O9/c1-35(2,47)19-29(41)26-13-7-10-23(16-26)20-38-32(44)39(21-24-11-8-14-27(17-24)30(42)36(3,4)48)34(46)40(33(38)45)22-25-12-9-15-28(18-25)31(43)37(5,6)49/h7-18,47-49H,19-22H2,1-6H3. The van der Waals surface area contributed by atoms with Crippen LogP contribution in [0.3, 0.4) is 0 Å². The first-order chi connectivity index (χ1) is 22.7. The summed E-state index contributed by atoms with van der Waals surface area (Å²) in [6, 6.07) is 18.5. The number of ketones is 3.